The third kappa shape index (κ3) is 1.60. The molecule has 0 radical (unpaired) electrons. The van der Waals surface area contributed by atoms with E-state index in [9.17, 15) is 0 Å². The summed E-state index contributed by atoms with van der Waals surface area (Å²) < 4.78 is 0. The van der Waals surface area contributed by atoms with Crippen LogP contribution in [0.5, 0.6) is 0 Å². The number of para-hydroxylation sites is 1. The summed E-state index contributed by atoms with van der Waals surface area (Å²) in [6.07, 6.45) is 2.53. The minimum Gasteiger partial charge on any atom is -0.316 e. The Morgan fingerprint density at radius 3 is 3.29 bits per heavy atom. The van der Waals surface area contributed by atoms with Crippen molar-refractivity contribution in [3.05, 3.63) is 30.0 Å². The van der Waals surface area contributed by atoms with Crippen molar-refractivity contribution in [3.63, 3.8) is 0 Å². The molecule has 17 heavy (non-hydrogen) atoms. The Balaban J connectivity index is 0.000000902. The fourth-order valence-corrected chi connectivity index (χ4v) is 3.23. The van der Waals surface area contributed by atoms with Gasteiger partial charge < -0.3 is 10.4 Å². The van der Waals surface area contributed by atoms with Crippen molar-refractivity contribution in [1.29, 1.82) is 0 Å². The first-order valence-electron chi connectivity index (χ1n) is 5.96. The number of fused-ring (bicyclic) bond motifs is 2. The Bertz CT molecular complexity index is 550. The summed E-state index contributed by atoms with van der Waals surface area (Å²) in [5, 5.41) is 12.4. The van der Waals surface area contributed by atoms with Gasteiger partial charge in [0.1, 0.15) is 0 Å². The third-order valence-corrected chi connectivity index (χ3v) is 4.23. The van der Waals surface area contributed by atoms with Crippen molar-refractivity contribution >= 4 is 10.9 Å². The molecule has 0 bridgehead atoms. The molecule has 4 heteroatoms. The zero-order chi connectivity index (χ0) is 10.6. The van der Waals surface area contributed by atoms with Crippen LogP contribution >= 0.6 is 0 Å². The summed E-state index contributed by atoms with van der Waals surface area (Å²) in [5.74, 6) is 0.799. The van der Waals surface area contributed by atoms with Crippen LogP contribution in [0, 0.1) is 12.0 Å². The van der Waals surface area contributed by atoms with Crippen LogP contribution in [0.4, 0.5) is 0 Å². The summed E-state index contributed by atoms with van der Waals surface area (Å²) in [5.41, 5.74) is 2.71. The number of piperidine rings is 1. The van der Waals surface area contributed by atoms with Gasteiger partial charge in [0, 0.05) is 11.1 Å². The predicted molar refractivity (Wildman–Crippen MR) is 62.2 cm³/mol. The number of hydrogen-bond donors (Lipinski definition) is 2. The summed E-state index contributed by atoms with van der Waals surface area (Å²) in [6.45, 7) is 2.28. The van der Waals surface area contributed by atoms with Gasteiger partial charge in [-0.05, 0) is 37.4 Å². The molecule has 1 aromatic heterocycles. The maximum absolute atomic E-state index is 4.55. The van der Waals surface area contributed by atoms with Gasteiger partial charge in [-0.3, -0.25) is 0 Å². The molecule has 2 N–H and O–H groups in total. The Morgan fingerprint density at radius 1 is 1.47 bits per heavy atom. The molecule has 2 aliphatic rings. The van der Waals surface area contributed by atoms with Gasteiger partial charge in [-0.25, -0.2) is 0 Å². The zero-order valence-electron chi connectivity index (χ0n) is 10.1. The number of benzene rings is 1. The van der Waals surface area contributed by atoms with Crippen LogP contribution in [-0.2, 0) is 5.41 Å². The fourth-order valence-electron chi connectivity index (χ4n) is 3.23. The van der Waals surface area contributed by atoms with E-state index in [2.05, 4.69) is 33.7 Å². The molecule has 1 saturated carbocycles. The maximum Gasteiger partial charge on any atom is 1.00 e. The van der Waals surface area contributed by atoms with Crippen molar-refractivity contribution in [2.75, 3.05) is 13.1 Å². The second-order valence-electron chi connectivity index (χ2n) is 5.04. The van der Waals surface area contributed by atoms with Crippen LogP contribution in [0.3, 0.4) is 0 Å². The second kappa shape index (κ2) is 4.09. The molecule has 2 heterocycles. The third-order valence-electron chi connectivity index (χ3n) is 4.23. The number of H-pyrrole nitrogens is 1. The van der Waals surface area contributed by atoms with Gasteiger partial charge in [-0.1, -0.05) is 5.39 Å². The maximum atomic E-state index is 4.55. The summed E-state index contributed by atoms with van der Waals surface area (Å²) in [6, 6.07) is 9.37. The Kier molecular flexibility index (Phi) is 2.82. The molecule has 2 fully saturated rings. The normalized spacial score (nSPS) is 30.7. The van der Waals surface area contributed by atoms with Crippen LogP contribution in [0.2, 0.25) is 0 Å². The van der Waals surface area contributed by atoms with E-state index in [4.69, 9.17) is 0 Å². The monoisotopic (exact) mass is 235 g/mol. The Labute approximate surface area is 123 Å². The second-order valence-corrected chi connectivity index (χ2v) is 5.04. The molecule has 1 saturated heterocycles. The Hall–Kier alpha value is -0.350. The molecule has 4 rings (SSSR count). The number of rotatable bonds is 1. The van der Waals surface area contributed by atoms with E-state index in [-0.39, 0.29) is 29.6 Å². The summed E-state index contributed by atoms with van der Waals surface area (Å²) in [4.78, 5) is 0. The minimum absolute atomic E-state index is 0. The Morgan fingerprint density at radius 2 is 2.41 bits per heavy atom. The van der Waals surface area contributed by atoms with Crippen LogP contribution in [0.15, 0.2) is 18.2 Å². The average Bonchev–Trinajstić information content (AvgIpc) is 2.92. The van der Waals surface area contributed by atoms with Crippen molar-refractivity contribution < 1.29 is 29.6 Å². The quantitative estimate of drug-likeness (QED) is 0.472. The van der Waals surface area contributed by atoms with Crippen molar-refractivity contribution in [1.82, 2.24) is 15.5 Å². The van der Waals surface area contributed by atoms with Gasteiger partial charge in [-0.2, -0.15) is 29.4 Å². The zero-order valence-corrected chi connectivity index (χ0v) is 12.1. The number of nitrogens with zero attached hydrogens (tertiary/aromatic N) is 1. The first-order chi connectivity index (χ1) is 7.90. The van der Waals surface area contributed by atoms with Crippen LogP contribution in [-0.4, -0.2) is 23.3 Å². The van der Waals surface area contributed by atoms with Crippen molar-refractivity contribution in [3.8, 4) is 0 Å². The summed E-state index contributed by atoms with van der Waals surface area (Å²) in [7, 11) is 0. The van der Waals surface area contributed by atoms with Gasteiger partial charge in [0.25, 0.3) is 0 Å². The molecule has 1 aliphatic heterocycles. The molecular formula is C13H14N3Na. The van der Waals surface area contributed by atoms with E-state index in [0.717, 1.165) is 24.5 Å². The van der Waals surface area contributed by atoms with Gasteiger partial charge in [-0.15, -0.1) is 0 Å². The molecule has 2 atom stereocenters. The molecule has 0 amide bonds. The number of aromatic nitrogens is 2. The molecule has 3 nitrogen and oxygen atoms in total. The van der Waals surface area contributed by atoms with Gasteiger partial charge in [0.15, 0.2) is 0 Å². The number of nitrogens with one attached hydrogen (secondary N) is 2. The van der Waals surface area contributed by atoms with E-state index in [1.807, 2.05) is 6.07 Å². The minimum atomic E-state index is 0. The van der Waals surface area contributed by atoms with E-state index >= 15 is 0 Å². The first kappa shape index (κ1) is 11.7. The van der Waals surface area contributed by atoms with Gasteiger partial charge in [0.2, 0.25) is 0 Å². The van der Waals surface area contributed by atoms with E-state index in [0.29, 0.717) is 5.41 Å². The predicted octanol–water partition coefficient (Wildman–Crippen LogP) is -1.38. The molecule has 1 aromatic carbocycles. The SMILES string of the molecule is [Na+].[c-]1cccc2c(C34CCNCC3C4)n[nH]c12. The van der Waals surface area contributed by atoms with Crippen LogP contribution in [0.1, 0.15) is 18.5 Å². The topological polar surface area (TPSA) is 40.7 Å². The molecule has 2 unspecified atom stereocenters. The van der Waals surface area contributed by atoms with Crippen molar-refractivity contribution in [2.45, 2.75) is 18.3 Å². The van der Waals surface area contributed by atoms with Crippen LogP contribution in [0.25, 0.3) is 10.9 Å². The number of aromatic amines is 1. The smallest absolute Gasteiger partial charge is 0.316 e. The van der Waals surface area contributed by atoms with Crippen molar-refractivity contribution in [2.24, 2.45) is 5.92 Å². The van der Waals surface area contributed by atoms with Crippen LogP contribution < -0.4 is 34.9 Å². The van der Waals surface area contributed by atoms with E-state index in [1.54, 1.807) is 0 Å². The van der Waals surface area contributed by atoms with E-state index in [1.165, 1.54) is 23.9 Å². The van der Waals surface area contributed by atoms with Gasteiger partial charge >= 0.3 is 29.6 Å². The number of hydrogen-bond acceptors (Lipinski definition) is 2. The standard InChI is InChI=1S/C13H14N3.Na/c1-2-4-11-10(3-1)12(16-15-11)13-5-6-14-8-9(13)7-13;/h1-3,9,14H,5-8H2,(H,15,16);/q-1;+1. The first-order valence-corrected chi connectivity index (χ1v) is 5.96. The van der Waals surface area contributed by atoms with Gasteiger partial charge in [0.05, 0.1) is 0 Å². The molecule has 0 spiro atoms. The fraction of sp³-hybridized carbons (Fsp3) is 0.462. The summed E-state index contributed by atoms with van der Waals surface area (Å²) >= 11 is 0. The van der Waals surface area contributed by atoms with E-state index < -0.39 is 0 Å². The largest absolute Gasteiger partial charge is 1.00 e. The molecule has 2 aromatic rings. The molecule has 1 aliphatic carbocycles. The average molecular weight is 235 g/mol. The molecule has 82 valence electrons. The molecular weight excluding hydrogens is 221 g/mol.